The van der Waals surface area contributed by atoms with Crippen molar-refractivity contribution in [2.45, 2.75) is 44.8 Å². The van der Waals surface area contributed by atoms with E-state index in [1.165, 1.54) is 12.8 Å². The van der Waals surface area contributed by atoms with Crippen LogP contribution in [0.15, 0.2) is 22.7 Å². The summed E-state index contributed by atoms with van der Waals surface area (Å²) in [6.07, 6.45) is 3.41. The van der Waals surface area contributed by atoms with Crippen LogP contribution in [0.5, 0.6) is 5.75 Å². The first-order valence-electron chi connectivity index (χ1n) is 6.18. The average molecular weight is 296 g/mol. The van der Waals surface area contributed by atoms with Crippen LogP contribution in [-0.4, -0.2) is 5.60 Å². The van der Waals surface area contributed by atoms with Crippen molar-refractivity contribution in [3.63, 3.8) is 0 Å². The van der Waals surface area contributed by atoms with Crippen molar-refractivity contribution in [3.8, 4) is 5.75 Å². The Morgan fingerprint density at radius 1 is 1.35 bits per heavy atom. The van der Waals surface area contributed by atoms with E-state index in [0.29, 0.717) is 5.41 Å². The Labute approximate surface area is 111 Å². The molecule has 3 heteroatoms. The molecule has 2 aliphatic rings. The van der Waals surface area contributed by atoms with E-state index < -0.39 is 0 Å². The fourth-order valence-electron chi connectivity index (χ4n) is 2.80. The number of benzene rings is 1. The van der Waals surface area contributed by atoms with Gasteiger partial charge in [0.1, 0.15) is 11.4 Å². The smallest absolute Gasteiger partial charge is 0.125 e. The minimum atomic E-state index is -0.104. The summed E-state index contributed by atoms with van der Waals surface area (Å²) >= 11 is 3.49. The quantitative estimate of drug-likeness (QED) is 0.855. The van der Waals surface area contributed by atoms with Gasteiger partial charge in [-0.3, -0.25) is 0 Å². The third kappa shape index (κ3) is 1.71. The van der Waals surface area contributed by atoms with Gasteiger partial charge in [-0.05, 0) is 38.0 Å². The fraction of sp³-hybridized carbons (Fsp3) is 0.571. The van der Waals surface area contributed by atoms with E-state index in [4.69, 9.17) is 10.5 Å². The SMILES string of the molecule is CC1(C2(C)C[C@@H](N)c3cc(Br)ccc3O2)CC1. The molecule has 2 nitrogen and oxygen atoms in total. The fourth-order valence-corrected chi connectivity index (χ4v) is 3.18. The van der Waals surface area contributed by atoms with E-state index in [0.717, 1.165) is 22.2 Å². The Morgan fingerprint density at radius 3 is 2.71 bits per heavy atom. The molecule has 0 radical (unpaired) electrons. The second kappa shape index (κ2) is 3.48. The Morgan fingerprint density at radius 2 is 2.06 bits per heavy atom. The number of rotatable bonds is 1. The molecular weight excluding hydrogens is 278 g/mol. The molecule has 0 saturated heterocycles. The zero-order chi connectivity index (χ0) is 12.3. The van der Waals surface area contributed by atoms with Crippen LogP contribution in [0.1, 0.15) is 44.7 Å². The number of ether oxygens (including phenoxy) is 1. The van der Waals surface area contributed by atoms with Gasteiger partial charge in [-0.25, -0.2) is 0 Å². The Balaban J connectivity index is 2.01. The first-order valence-corrected chi connectivity index (χ1v) is 6.97. The van der Waals surface area contributed by atoms with Gasteiger partial charge in [-0.1, -0.05) is 22.9 Å². The van der Waals surface area contributed by atoms with Crippen molar-refractivity contribution < 1.29 is 4.74 Å². The molecule has 1 saturated carbocycles. The molecule has 2 N–H and O–H groups in total. The van der Waals surface area contributed by atoms with Crippen molar-refractivity contribution >= 4 is 15.9 Å². The van der Waals surface area contributed by atoms with Crippen LogP contribution < -0.4 is 10.5 Å². The first-order chi connectivity index (χ1) is 7.94. The highest BCUT2D eigenvalue weighted by atomic mass is 79.9. The van der Waals surface area contributed by atoms with Crippen molar-refractivity contribution in [2.24, 2.45) is 11.1 Å². The van der Waals surface area contributed by atoms with Gasteiger partial charge in [0, 0.05) is 27.9 Å². The van der Waals surface area contributed by atoms with Crippen molar-refractivity contribution in [2.75, 3.05) is 0 Å². The van der Waals surface area contributed by atoms with E-state index in [1.807, 2.05) is 12.1 Å². The van der Waals surface area contributed by atoms with Gasteiger partial charge in [0.2, 0.25) is 0 Å². The maximum Gasteiger partial charge on any atom is 0.125 e. The molecule has 92 valence electrons. The first kappa shape index (κ1) is 11.5. The molecule has 0 aromatic heterocycles. The number of fused-ring (bicyclic) bond motifs is 1. The number of hydrogen-bond acceptors (Lipinski definition) is 2. The summed E-state index contributed by atoms with van der Waals surface area (Å²) in [7, 11) is 0. The molecule has 1 fully saturated rings. The van der Waals surface area contributed by atoms with Crippen LogP contribution in [-0.2, 0) is 0 Å². The topological polar surface area (TPSA) is 35.2 Å². The molecule has 1 aliphatic heterocycles. The van der Waals surface area contributed by atoms with Gasteiger partial charge in [0.15, 0.2) is 0 Å². The Hall–Kier alpha value is -0.540. The lowest BCUT2D eigenvalue weighted by molar-refractivity contribution is -0.00895. The molecule has 1 aromatic rings. The van der Waals surface area contributed by atoms with Crippen molar-refractivity contribution in [3.05, 3.63) is 28.2 Å². The summed E-state index contributed by atoms with van der Waals surface area (Å²) < 4.78 is 7.34. The third-order valence-electron chi connectivity index (χ3n) is 4.59. The molecule has 17 heavy (non-hydrogen) atoms. The molecule has 1 heterocycles. The highest BCUT2D eigenvalue weighted by molar-refractivity contribution is 9.10. The van der Waals surface area contributed by atoms with Crippen LogP contribution in [0.25, 0.3) is 0 Å². The van der Waals surface area contributed by atoms with Crippen molar-refractivity contribution in [1.82, 2.24) is 0 Å². The minimum Gasteiger partial charge on any atom is -0.487 e. The Bertz CT molecular complexity index is 469. The van der Waals surface area contributed by atoms with Gasteiger partial charge >= 0.3 is 0 Å². The van der Waals surface area contributed by atoms with Gasteiger partial charge in [-0.2, -0.15) is 0 Å². The monoisotopic (exact) mass is 295 g/mol. The van der Waals surface area contributed by atoms with Crippen molar-refractivity contribution in [1.29, 1.82) is 0 Å². The van der Waals surface area contributed by atoms with E-state index in [-0.39, 0.29) is 11.6 Å². The van der Waals surface area contributed by atoms with Crippen LogP contribution in [0.3, 0.4) is 0 Å². The van der Waals surface area contributed by atoms with E-state index in [2.05, 4.69) is 35.8 Å². The maximum atomic E-state index is 6.31. The normalized spacial score (nSPS) is 33.8. The van der Waals surface area contributed by atoms with E-state index in [1.54, 1.807) is 0 Å². The van der Waals surface area contributed by atoms with Crippen LogP contribution in [0, 0.1) is 5.41 Å². The molecule has 0 bridgehead atoms. The van der Waals surface area contributed by atoms with Crippen LogP contribution >= 0.6 is 15.9 Å². The number of halogens is 1. The second-order valence-corrected chi connectivity index (χ2v) is 6.80. The summed E-state index contributed by atoms with van der Waals surface area (Å²) in [5.41, 5.74) is 7.65. The predicted octanol–water partition coefficient (Wildman–Crippen LogP) is 3.79. The molecule has 0 spiro atoms. The van der Waals surface area contributed by atoms with Gasteiger partial charge in [0.25, 0.3) is 0 Å². The summed E-state index contributed by atoms with van der Waals surface area (Å²) in [6, 6.07) is 6.21. The lowest BCUT2D eigenvalue weighted by atomic mass is 9.78. The summed E-state index contributed by atoms with van der Waals surface area (Å²) in [6.45, 7) is 4.52. The largest absolute Gasteiger partial charge is 0.487 e. The lowest BCUT2D eigenvalue weighted by Crippen LogP contribution is -2.46. The maximum absolute atomic E-state index is 6.31. The van der Waals surface area contributed by atoms with Crippen LogP contribution in [0.2, 0.25) is 0 Å². The standard InChI is InChI=1S/C14H18BrNO/c1-13(5-6-13)14(2)8-11(16)10-7-9(15)3-4-12(10)17-14/h3-4,7,11H,5-6,8,16H2,1-2H3/t11-,14?/m1/s1. The molecule has 1 unspecified atom stereocenters. The molecule has 0 amide bonds. The highest BCUT2D eigenvalue weighted by Gasteiger charge is 2.57. The molecule has 2 atom stereocenters. The summed E-state index contributed by atoms with van der Waals surface area (Å²) in [5, 5.41) is 0. The molecule has 1 aliphatic carbocycles. The minimum absolute atomic E-state index is 0.0821. The van der Waals surface area contributed by atoms with Gasteiger partial charge in [0.05, 0.1) is 0 Å². The van der Waals surface area contributed by atoms with Gasteiger partial charge in [-0.15, -0.1) is 0 Å². The highest BCUT2D eigenvalue weighted by Crippen LogP contribution is 2.59. The average Bonchev–Trinajstić information content (AvgIpc) is 3.00. The van der Waals surface area contributed by atoms with Crippen LogP contribution in [0.4, 0.5) is 0 Å². The summed E-state index contributed by atoms with van der Waals surface area (Å²) in [4.78, 5) is 0. The number of hydrogen-bond donors (Lipinski definition) is 1. The number of nitrogens with two attached hydrogens (primary N) is 1. The van der Waals surface area contributed by atoms with E-state index in [9.17, 15) is 0 Å². The zero-order valence-corrected chi connectivity index (χ0v) is 11.9. The predicted molar refractivity (Wildman–Crippen MR) is 72.1 cm³/mol. The Kier molecular flexibility index (Phi) is 2.37. The van der Waals surface area contributed by atoms with E-state index >= 15 is 0 Å². The summed E-state index contributed by atoms with van der Waals surface area (Å²) in [5.74, 6) is 0.961. The zero-order valence-electron chi connectivity index (χ0n) is 10.3. The molecule has 1 aromatic carbocycles. The molecular formula is C14H18BrNO. The second-order valence-electron chi connectivity index (χ2n) is 5.89. The lowest BCUT2D eigenvalue weighted by Gasteiger charge is -2.43. The molecule has 3 rings (SSSR count). The third-order valence-corrected chi connectivity index (χ3v) is 5.09. The van der Waals surface area contributed by atoms with Gasteiger partial charge < -0.3 is 10.5 Å².